The molecule has 1 aliphatic heterocycles. The molecule has 0 bridgehead atoms. The van der Waals surface area contributed by atoms with E-state index in [1.54, 1.807) is 36.4 Å². The summed E-state index contributed by atoms with van der Waals surface area (Å²) in [4.78, 5) is 27.7. The Labute approximate surface area is 207 Å². The van der Waals surface area contributed by atoms with Gasteiger partial charge in [-0.3, -0.25) is 9.59 Å². The molecule has 0 aromatic heterocycles. The summed E-state index contributed by atoms with van der Waals surface area (Å²) in [6.45, 7) is 0.445. The van der Waals surface area contributed by atoms with Crippen molar-refractivity contribution >= 4 is 21.5 Å². The summed E-state index contributed by atoms with van der Waals surface area (Å²) < 4.78 is 65.7. The fourth-order valence-electron chi connectivity index (χ4n) is 4.55. The van der Waals surface area contributed by atoms with Crippen molar-refractivity contribution in [1.82, 2.24) is 4.90 Å². The lowest BCUT2D eigenvalue weighted by atomic mass is 9.86. The maximum Gasteiger partial charge on any atom is 0.416 e. The number of likely N-dealkylation sites (tertiary alicyclic amines) is 1. The molecule has 36 heavy (non-hydrogen) atoms. The molecule has 0 saturated carbocycles. The van der Waals surface area contributed by atoms with Crippen LogP contribution in [0.25, 0.3) is 0 Å². The van der Waals surface area contributed by atoms with Gasteiger partial charge in [0.05, 0.1) is 16.0 Å². The van der Waals surface area contributed by atoms with E-state index in [9.17, 15) is 31.2 Å². The molecule has 0 spiro atoms. The van der Waals surface area contributed by atoms with Crippen LogP contribution in [0.2, 0.25) is 0 Å². The molecule has 0 unspecified atom stereocenters. The number of sulfone groups is 1. The molecule has 188 valence electrons. The summed E-state index contributed by atoms with van der Waals surface area (Å²) in [5, 5.41) is 0. The third-order valence-electron chi connectivity index (χ3n) is 6.37. The first-order valence-corrected chi connectivity index (χ1v) is 13.1. The van der Waals surface area contributed by atoms with Crippen molar-refractivity contribution in [3.05, 3.63) is 101 Å². The number of piperidine rings is 1. The number of hydrogen-bond donors (Lipinski definition) is 0. The minimum atomic E-state index is -4.46. The second-order valence-corrected chi connectivity index (χ2v) is 10.7. The van der Waals surface area contributed by atoms with Gasteiger partial charge in [0.15, 0.2) is 15.6 Å². The molecule has 5 nitrogen and oxygen atoms in total. The van der Waals surface area contributed by atoms with Crippen molar-refractivity contribution in [3.8, 4) is 0 Å². The number of hydrogen-bond acceptors (Lipinski definition) is 4. The van der Waals surface area contributed by atoms with E-state index in [1.165, 1.54) is 41.3 Å². The summed E-state index contributed by atoms with van der Waals surface area (Å²) in [7, 11) is -3.90. The van der Waals surface area contributed by atoms with E-state index in [2.05, 4.69) is 0 Å². The van der Waals surface area contributed by atoms with Crippen molar-refractivity contribution in [3.63, 3.8) is 0 Å². The van der Waals surface area contributed by atoms with Gasteiger partial charge in [0.2, 0.25) is 0 Å². The van der Waals surface area contributed by atoms with Gasteiger partial charge in [-0.2, -0.15) is 13.2 Å². The number of rotatable bonds is 6. The SMILES string of the molecule is O=C(CS(=O)(=O)c1ccccc1)c1ccccc1C(=O)N1CCC(c2ccccc2C(F)(F)F)CC1. The molecule has 0 N–H and O–H groups in total. The predicted molar refractivity (Wildman–Crippen MR) is 129 cm³/mol. The van der Waals surface area contributed by atoms with Crippen molar-refractivity contribution in [2.75, 3.05) is 18.8 Å². The maximum atomic E-state index is 13.4. The summed E-state index contributed by atoms with van der Waals surface area (Å²) in [6, 6.07) is 19.1. The fraction of sp³-hybridized carbons (Fsp3) is 0.259. The first-order chi connectivity index (χ1) is 17.1. The Hall–Kier alpha value is -3.46. The van der Waals surface area contributed by atoms with Crippen molar-refractivity contribution in [2.24, 2.45) is 0 Å². The minimum absolute atomic E-state index is 0.00606. The highest BCUT2D eigenvalue weighted by Crippen LogP contribution is 2.38. The van der Waals surface area contributed by atoms with Gasteiger partial charge in [0.1, 0.15) is 5.75 Å². The van der Waals surface area contributed by atoms with Crippen molar-refractivity contribution in [2.45, 2.75) is 29.8 Å². The van der Waals surface area contributed by atoms with Crippen LogP contribution in [-0.4, -0.2) is 43.9 Å². The zero-order valence-electron chi connectivity index (χ0n) is 19.2. The second kappa shape index (κ2) is 10.3. The van der Waals surface area contributed by atoms with Gasteiger partial charge in [0.25, 0.3) is 5.91 Å². The monoisotopic (exact) mass is 515 g/mol. The molecule has 1 heterocycles. The largest absolute Gasteiger partial charge is 0.416 e. The van der Waals surface area contributed by atoms with Crippen molar-refractivity contribution in [1.29, 1.82) is 0 Å². The Morgan fingerprint density at radius 1 is 0.806 bits per heavy atom. The fourth-order valence-corrected chi connectivity index (χ4v) is 5.79. The first-order valence-electron chi connectivity index (χ1n) is 11.4. The van der Waals surface area contributed by atoms with Gasteiger partial charge in [-0.05, 0) is 48.6 Å². The number of amides is 1. The Kier molecular flexibility index (Phi) is 7.31. The molecule has 0 atom stereocenters. The highest BCUT2D eigenvalue weighted by atomic mass is 32.2. The van der Waals surface area contributed by atoms with Crippen LogP contribution in [0.15, 0.2) is 83.8 Å². The van der Waals surface area contributed by atoms with Crippen molar-refractivity contribution < 1.29 is 31.2 Å². The summed E-state index contributed by atoms with van der Waals surface area (Å²) in [5.74, 6) is -2.27. The van der Waals surface area contributed by atoms with Gasteiger partial charge in [-0.1, -0.05) is 54.6 Å². The molecule has 9 heteroatoms. The molecule has 1 aliphatic rings. The van der Waals surface area contributed by atoms with Crippen LogP contribution >= 0.6 is 0 Å². The minimum Gasteiger partial charge on any atom is -0.339 e. The van der Waals surface area contributed by atoms with E-state index in [0.29, 0.717) is 12.8 Å². The summed E-state index contributed by atoms with van der Waals surface area (Å²) >= 11 is 0. The highest BCUT2D eigenvalue weighted by molar-refractivity contribution is 7.92. The lowest BCUT2D eigenvalue weighted by Crippen LogP contribution is -2.39. The van der Waals surface area contributed by atoms with Gasteiger partial charge >= 0.3 is 6.18 Å². The average molecular weight is 516 g/mol. The van der Waals surface area contributed by atoms with Crippen LogP contribution < -0.4 is 0 Å². The Morgan fingerprint density at radius 2 is 1.36 bits per heavy atom. The number of nitrogens with zero attached hydrogens (tertiary/aromatic N) is 1. The summed E-state index contributed by atoms with van der Waals surface area (Å²) in [5.41, 5.74) is -0.351. The number of halogens is 3. The number of carbonyl (C=O) groups excluding carboxylic acids is 2. The highest BCUT2D eigenvalue weighted by Gasteiger charge is 2.36. The van der Waals surface area contributed by atoms with Gasteiger partial charge in [-0.25, -0.2) is 8.42 Å². The molecule has 1 saturated heterocycles. The first kappa shape index (κ1) is 25.6. The lowest BCUT2D eigenvalue weighted by Gasteiger charge is -2.33. The molecule has 0 radical (unpaired) electrons. The smallest absolute Gasteiger partial charge is 0.339 e. The standard InChI is InChI=1S/C27H24F3NO4S/c28-27(29,30)24-13-7-6-10-21(24)19-14-16-31(17-15-19)26(33)23-12-5-4-11-22(23)25(32)18-36(34,35)20-8-2-1-3-9-20/h1-13,19H,14-18H2. The van der Waals surface area contributed by atoms with E-state index in [1.807, 2.05) is 0 Å². The second-order valence-electron chi connectivity index (χ2n) is 8.69. The number of ketones is 1. The molecule has 1 amide bonds. The van der Waals surface area contributed by atoms with Crippen LogP contribution in [0.4, 0.5) is 13.2 Å². The zero-order valence-corrected chi connectivity index (χ0v) is 20.1. The third kappa shape index (κ3) is 5.51. The Morgan fingerprint density at radius 3 is 2.00 bits per heavy atom. The Bertz CT molecular complexity index is 1360. The number of alkyl halides is 3. The van der Waals surface area contributed by atoms with Crippen LogP contribution in [-0.2, 0) is 16.0 Å². The van der Waals surface area contributed by atoms with E-state index in [0.717, 1.165) is 6.07 Å². The van der Waals surface area contributed by atoms with Crippen LogP contribution in [0.5, 0.6) is 0 Å². The predicted octanol–water partition coefficient (Wildman–Crippen LogP) is 5.38. The normalized spacial score (nSPS) is 15.0. The maximum absolute atomic E-state index is 13.4. The molecular formula is C27H24F3NO4S. The summed E-state index contributed by atoms with van der Waals surface area (Å²) in [6.07, 6.45) is -3.77. The third-order valence-corrected chi connectivity index (χ3v) is 8.00. The van der Waals surface area contributed by atoms with Crippen LogP contribution in [0.3, 0.4) is 0 Å². The van der Waals surface area contributed by atoms with Crippen LogP contribution in [0.1, 0.15) is 50.6 Å². The Balaban J connectivity index is 1.49. The molecule has 4 rings (SSSR count). The lowest BCUT2D eigenvalue weighted by molar-refractivity contribution is -0.138. The number of benzene rings is 3. The molecular weight excluding hydrogens is 491 g/mol. The van der Waals surface area contributed by atoms with E-state index in [4.69, 9.17) is 0 Å². The van der Waals surface area contributed by atoms with Crippen LogP contribution in [0, 0.1) is 0 Å². The molecule has 3 aromatic carbocycles. The molecule has 0 aliphatic carbocycles. The molecule has 1 fully saturated rings. The topological polar surface area (TPSA) is 71.5 Å². The van der Waals surface area contributed by atoms with E-state index in [-0.39, 0.29) is 40.6 Å². The average Bonchev–Trinajstić information content (AvgIpc) is 2.88. The van der Waals surface area contributed by atoms with E-state index >= 15 is 0 Å². The van der Waals surface area contributed by atoms with E-state index < -0.39 is 39.0 Å². The number of carbonyl (C=O) groups is 2. The van der Waals surface area contributed by atoms with Gasteiger partial charge in [-0.15, -0.1) is 0 Å². The number of Topliss-reactive ketones (excluding diaryl/α,β-unsaturated/α-hetero) is 1. The quantitative estimate of drug-likeness (QED) is 0.413. The van der Waals surface area contributed by atoms with Gasteiger partial charge in [0, 0.05) is 18.7 Å². The van der Waals surface area contributed by atoms with Gasteiger partial charge < -0.3 is 4.90 Å². The molecule has 3 aromatic rings. The zero-order chi connectivity index (χ0) is 25.9.